The first kappa shape index (κ1) is 18.0. The van der Waals surface area contributed by atoms with Gasteiger partial charge in [0.2, 0.25) is 0 Å². The van der Waals surface area contributed by atoms with Crippen LogP contribution in [0.5, 0.6) is 0 Å². The third-order valence-corrected chi connectivity index (χ3v) is 11.5. The van der Waals surface area contributed by atoms with Gasteiger partial charge in [-0.3, -0.25) is 0 Å². The molecular weight excluding hydrogens is 319 g/mol. The van der Waals surface area contributed by atoms with Gasteiger partial charge >= 0.3 is 0 Å². The third kappa shape index (κ3) is 4.50. The average molecular weight is 357 g/mol. The van der Waals surface area contributed by atoms with Gasteiger partial charge in [-0.15, -0.1) is 0 Å². The van der Waals surface area contributed by atoms with Crippen molar-refractivity contribution < 1.29 is 0 Å². The predicted molar refractivity (Wildman–Crippen MR) is 112 cm³/mol. The fourth-order valence-electron chi connectivity index (χ4n) is 6.09. The Hall–Kier alpha value is -0.350. The van der Waals surface area contributed by atoms with Crippen LogP contribution in [0.15, 0.2) is 30.3 Å². The maximum Gasteiger partial charge on any atom is -0.0162 e. The summed E-state index contributed by atoms with van der Waals surface area (Å²) in [4.78, 5) is 0. The summed E-state index contributed by atoms with van der Waals surface area (Å²) in [6.45, 7) is 0. The molecule has 0 spiro atoms. The molecule has 138 valence electrons. The highest BCUT2D eigenvalue weighted by molar-refractivity contribution is 7.60. The van der Waals surface area contributed by atoms with E-state index in [4.69, 9.17) is 0 Å². The lowest BCUT2D eigenvalue weighted by Gasteiger charge is -2.45. The molecule has 0 unspecified atom stereocenters. The second-order valence-electron chi connectivity index (χ2n) is 8.95. The third-order valence-electron chi connectivity index (χ3n) is 7.38. The van der Waals surface area contributed by atoms with E-state index < -0.39 is 0 Å². The van der Waals surface area contributed by atoms with Crippen LogP contribution in [0.25, 0.3) is 0 Å². The van der Waals surface area contributed by atoms with E-state index >= 15 is 0 Å². The zero-order valence-electron chi connectivity index (χ0n) is 16.0. The minimum atomic E-state index is 0.297. The van der Waals surface area contributed by atoms with Crippen molar-refractivity contribution in [2.75, 3.05) is 0 Å². The summed E-state index contributed by atoms with van der Waals surface area (Å²) in [7, 11) is 0.297. The molecule has 25 heavy (non-hydrogen) atoms. The minimum Gasteiger partial charge on any atom is -0.0971 e. The van der Waals surface area contributed by atoms with Crippen LogP contribution >= 0.6 is 7.92 Å². The second-order valence-corrected chi connectivity index (χ2v) is 12.0. The highest BCUT2D eigenvalue weighted by Crippen LogP contribution is 2.62. The molecule has 0 heterocycles. The Morgan fingerprint density at radius 3 is 1.52 bits per heavy atom. The van der Waals surface area contributed by atoms with Crippen LogP contribution in [0.1, 0.15) is 101 Å². The van der Waals surface area contributed by atoms with E-state index in [2.05, 4.69) is 30.3 Å². The summed E-state index contributed by atoms with van der Waals surface area (Å²) in [5.74, 6) is 0.854. The molecule has 1 aromatic rings. The van der Waals surface area contributed by atoms with E-state index in [1.165, 1.54) is 64.2 Å². The van der Waals surface area contributed by atoms with Gasteiger partial charge < -0.3 is 0 Å². The Bertz CT molecular complexity index is 472. The molecule has 0 atom stereocenters. The Morgan fingerprint density at radius 1 is 0.520 bits per heavy atom. The molecule has 0 N–H and O–H groups in total. The molecule has 4 rings (SSSR count). The van der Waals surface area contributed by atoms with Crippen LogP contribution in [0, 0.1) is 0 Å². The molecule has 0 aliphatic heterocycles. The van der Waals surface area contributed by atoms with Crippen molar-refractivity contribution in [1.29, 1.82) is 0 Å². The largest absolute Gasteiger partial charge is 0.0971 e. The quantitative estimate of drug-likeness (QED) is 0.482. The van der Waals surface area contributed by atoms with Gasteiger partial charge in [0.15, 0.2) is 0 Å². The highest BCUT2D eigenvalue weighted by Gasteiger charge is 2.37. The van der Waals surface area contributed by atoms with Gasteiger partial charge in [-0.2, -0.15) is 0 Å². The van der Waals surface area contributed by atoms with Crippen molar-refractivity contribution in [3.63, 3.8) is 0 Å². The highest BCUT2D eigenvalue weighted by atomic mass is 31.1. The van der Waals surface area contributed by atoms with Crippen molar-refractivity contribution in [2.24, 2.45) is 0 Å². The molecule has 3 fully saturated rings. The summed E-state index contributed by atoms with van der Waals surface area (Å²) in [5.41, 5.74) is 5.01. The molecule has 0 radical (unpaired) electrons. The molecule has 3 aliphatic carbocycles. The summed E-state index contributed by atoms with van der Waals surface area (Å²) < 4.78 is 0. The minimum absolute atomic E-state index is 0.297. The van der Waals surface area contributed by atoms with Crippen molar-refractivity contribution in [3.05, 3.63) is 35.9 Å². The van der Waals surface area contributed by atoms with Gasteiger partial charge in [-0.25, -0.2) is 0 Å². The maximum absolute atomic E-state index is 2.37. The molecule has 0 amide bonds. The first-order chi connectivity index (χ1) is 12.4. The summed E-state index contributed by atoms with van der Waals surface area (Å²) >= 11 is 0. The van der Waals surface area contributed by atoms with E-state index in [1.807, 2.05) is 0 Å². The lowest BCUT2D eigenvalue weighted by atomic mass is 9.84. The molecular formula is C24H37P. The van der Waals surface area contributed by atoms with Crippen LogP contribution in [0.2, 0.25) is 0 Å². The van der Waals surface area contributed by atoms with Crippen LogP contribution in [0.4, 0.5) is 0 Å². The van der Waals surface area contributed by atoms with Crippen molar-refractivity contribution >= 4 is 7.92 Å². The van der Waals surface area contributed by atoms with Crippen LogP contribution in [-0.4, -0.2) is 17.0 Å². The lowest BCUT2D eigenvalue weighted by molar-refractivity contribution is 0.431. The van der Waals surface area contributed by atoms with Crippen LogP contribution in [0.3, 0.4) is 0 Å². The van der Waals surface area contributed by atoms with Crippen molar-refractivity contribution in [1.82, 2.24) is 0 Å². The van der Waals surface area contributed by atoms with Gasteiger partial charge in [-0.05, 0) is 79.8 Å². The molecule has 0 aromatic heterocycles. The SMILES string of the molecule is c1ccc(C2CCC(P(C3CCCCC3)C3CCCCC3)CC2)cc1. The standard InChI is InChI=1S/C24H37P/c1-4-10-20(11-5-1)21-16-18-24(19-17-21)25(22-12-6-2-7-13-22)23-14-8-3-9-15-23/h1,4-5,10-11,21-24H,2-3,6-9,12-19H2. The van der Waals surface area contributed by atoms with Gasteiger partial charge in [0.05, 0.1) is 0 Å². The van der Waals surface area contributed by atoms with Gasteiger partial charge in [-0.1, -0.05) is 76.8 Å². The zero-order chi connectivity index (χ0) is 16.9. The fraction of sp³-hybridized carbons (Fsp3) is 0.750. The van der Waals surface area contributed by atoms with Crippen LogP contribution < -0.4 is 0 Å². The lowest BCUT2D eigenvalue weighted by Crippen LogP contribution is -2.29. The average Bonchev–Trinajstić information content (AvgIpc) is 2.71. The first-order valence-electron chi connectivity index (χ1n) is 11.2. The molecule has 3 saturated carbocycles. The van der Waals surface area contributed by atoms with E-state index in [9.17, 15) is 0 Å². The fourth-order valence-corrected chi connectivity index (χ4v) is 10.7. The van der Waals surface area contributed by atoms with E-state index in [0.717, 1.165) is 22.9 Å². The Morgan fingerprint density at radius 2 is 1.00 bits per heavy atom. The number of hydrogen-bond acceptors (Lipinski definition) is 0. The molecule has 1 heteroatoms. The molecule has 0 nitrogen and oxygen atoms in total. The maximum atomic E-state index is 2.37. The topological polar surface area (TPSA) is 0 Å². The molecule has 1 aromatic carbocycles. The normalized spacial score (nSPS) is 29.8. The molecule has 3 aliphatic rings. The van der Waals surface area contributed by atoms with E-state index in [-0.39, 0.29) is 0 Å². The predicted octanol–water partition coefficient (Wildman–Crippen LogP) is 7.86. The van der Waals surface area contributed by atoms with E-state index in [0.29, 0.717) is 7.92 Å². The molecule has 0 bridgehead atoms. The number of benzene rings is 1. The summed E-state index contributed by atoms with van der Waals surface area (Å²) in [5, 5.41) is 0. The first-order valence-corrected chi connectivity index (χ1v) is 12.8. The molecule has 0 saturated heterocycles. The van der Waals surface area contributed by atoms with Crippen LogP contribution in [-0.2, 0) is 0 Å². The van der Waals surface area contributed by atoms with Gasteiger partial charge in [0, 0.05) is 0 Å². The smallest absolute Gasteiger partial charge is 0.0162 e. The van der Waals surface area contributed by atoms with Gasteiger partial charge in [0.1, 0.15) is 0 Å². The van der Waals surface area contributed by atoms with Crippen molar-refractivity contribution in [2.45, 2.75) is 113 Å². The monoisotopic (exact) mass is 356 g/mol. The summed E-state index contributed by atoms with van der Waals surface area (Å²) in [6, 6.07) is 11.4. The zero-order valence-corrected chi connectivity index (χ0v) is 16.9. The Balaban J connectivity index is 1.42. The number of hydrogen-bond donors (Lipinski definition) is 0. The van der Waals surface area contributed by atoms with Crippen molar-refractivity contribution in [3.8, 4) is 0 Å². The Kier molecular flexibility index (Phi) is 6.52. The summed E-state index contributed by atoms with van der Waals surface area (Å²) in [6.07, 6.45) is 21.5. The Labute approximate surface area is 156 Å². The van der Waals surface area contributed by atoms with E-state index in [1.54, 1.807) is 31.2 Å². The second kappa shape index (κ2) is 9.03. The number of rotatable bonds is 4. The van der Waals surface area contributed by atoms with Gasteiger partial charge in [0.25, 0.3) is 0 Å².